The highest BCUT2D eigenvalue weighted by Crippen LogP contribution is 2.25. The van der Waals surface area contributed by atoms with Gasteiger partial charge in [0.1, 0.15) is 0 Å². The summed E-state index contributed by atoms with van der Waals surface area (Å²) in [7, 11) is 1.05. The zero-order valence-corrected chi connectivity index (χ0v) is 7.00. The van der Waals surface area contributed by atoms with E-state index in [4.69, 9.17) is 0 Å². The quantitative estimate of drug-likeness (QED) is 0.649. The van der Waals surface area contributed by atoms with Gasteiger partial charge in [0.25, 0.3) is 0 Å². The Morgan fingerprint density at radius 2 is 2.14 bits per heavy atom. The molecule has 0 aliphatic rings. The Kier molecular flexibility index (Phi) is 2.68. The Bertz CT molecular complexity index is 351. The molecule has 0 unspecified atom stereocenters. The van der Waals surface area contributed by atoms with Gasteiger partial charge in [-0.05, 0) is 6.07 Å². The van der Waals surface area contributed by atoms with E-state index < -0.39 is 23.7 Å². The first-order valence-corrected chi connectivity index (χ1v) is 3.43. The number of rotatable bonds is 1. The number of carbonyl (C=O) groups excluding carboxylic acids is 1. The van der Waals surface area contributed by atoms with E-state index >= 15 is 0 Å². The molecule has 7 heteroatoms. The second-order valence-electron chi connectivity index (χ2n) is 2.25. The van der Waals surface area contributed by atoms with Crippen molar-refractivity contribution < 1.29 is 22.7 Å². The van der Waals surface area contributed by atoms with Crippen LogP contribution in [-0.4, -0.2) is 23.0 Å². The van der Waals surface area contributed by atoms with E-state index in [9.17, 15) is 18.0 Å². The average molecular weight is 206 g/mol. The maximum Gasteiger partial charge on any atom is 0.451 e. The van der Waals surface area contributed by atoms with Crippen molar-refractivity contribution >= 4 is 5.97 Å². The van der Waals surface area contributed by atoms with Gasteiger partial charge in [0.05, 0.1) is 7.11 Å². The maximum absolute atomic E-state index is 12.1. The lowest BCUT2D eigenvalue weighted by molar-refractivity contribution is -0.145. The van der Waals surface area contributed by atoms with Crippen molar-refractivity contribution in [2.24, 2.45) is 0 Å². The minimum Gasteiger partial charge on any atom is -0.464 e. The molecule has 1 rings (SSSR count). The van der Waals surface area contributed by atoms with Gasteiger partial charge in [0.15, 0.2) is 5.69 Å². The molecule has 1 heterocycles. The lowest BCUT2D eigenvalue weighted by Gasteiger charge is -2.04. The highest BCUT2D eigenvalue weighted by Gasteiger charge is 2.35. The molecular formula is C7H5F3N2O2. The van der Waals surface area contributed by atoms with E-state index in [1.165, 1.54) is 0 Å². The summed E-state index contributed by atoms with van der Waals surface area (Å²) < 4.78 is 40.4. The van der Waals surface area contributed by atoms with E-state index in [2.05, 4.69) is 14.7 Å². The van der Waals surface area contributed by atoms with Crippen LogP contribution in [0.4, 0.5) is 13.2 Å². The van der Waals surface area contributed by atoms with E-state index in [0.29, 0.717) is 0 Å². The molecular weight excluding hydrogens is 201 g/mol. The monoisotopic (exact) mass is 206 g/mol. The van der Waals surface area contributed by atoms with Crippen LogP contribution in [-0.2, 0) is 10.9 Å². The zero-order chi connectivity index (χ0) is 10.8. The van der Waals surface area contributed by atoms with Crippen molar-refractivity contribution in [3.05, 3.63) is 23.8 Å². The second-order valence-corrected chi connectivity index (χ2v) is 2.25. The molecule has 0 spiro atoms. The Morgan fingerprint density at radius 3 is 2.64 bits per heavy atom. The Morgan fingerprint density at radius 1 is 1.50 bits per heavy atom. The first kappa shape index (κ1) is 10.4. The maximum atomic E-state index is 12.1. The molecule has 0 saturated carbocycles. The molecule has 76 valence electrons. The van der Waals surface area contributed by atoms with Crippen molar-refractivity contribution in [3.8, 4) is 0 Å². The molecule has 0 aliphatic heterocycles. The molecule has 1 aromatic heterocycles. The third-order valence-corrected chi connectivity index (χ3v) is 1.30. The summed E-state index contributed by atoms with van der Waals surface area (Å²) in [5.41, 5.74) is -0.421. The van der Waals surface area contributed by atoms with Gasteiger partial charge in [-0.2, -0.15) is 13.2 Å². The van der Waals surface area contributed by atoms with Crippen molar-refractivity contribution in [1.29, 1.82) is 0 Å². The fraction of sp³-hybridized carbons (Fsp3) is 0.286. The van der Waals surface area contributed by atoms with Crippen LogP contribution < -0.4 is 0 Å². The molecule has 14 heavy (non-hydrogen) atoms. The number of esters is 1. The normalized spacial score (nSPS) is 11.1. The molecule has 0 N–H and O–H groups in total. The predicted molar refractivity (Wildman–Crippen MR) is 38.4 cm³/mol. The summed E-state index contributed by atoms with van der Waals surface area (Å²) in [5.74, 6) is -2.29. The number of nitrogens with zero attached hydrogens (tertiary/aromatic N) is 2. The zero-order valence-electron chi connectivity index (χ0n) is 7.00. The van der Waals surface area contributed by atoms with Crippen molar-refractivity contribution in [2.75, 3.05) is 7.11 Å². The number of methoxy groups -OCH3 is 1. The smallest absolute Gasteiger partial charge is 0.451 e. The van der Waals surface area contributed by atoms with Crippen molar-refractivity contribution in [2.45, 2.75) is 6.18 Å². The van der Waals surface area contributed by atoms with Crippen LogP contribution in [0.25, 0.3) is 0 Å². The molecule has 0 saturated heterocycles. The number of ether oxygens (including phenoxy) is 1. The van der Waals surface area contributed by atoms with Gasteiger partial charge in [0, 0.05) is 6.20 Å². The third kappa shape index (κ3) is 2.18. The van der Waals surface area contributed by atoms with Crippen molar-refractivity contribution in [3.63, 3.8) is 0 Å². The molecule has 0 radical (unpaired) electrons. The van der Waals surface area contributed by atoms with Crippen LogP contribution in [0.2, 0.25) is 0 Å². The van der Waals surface area contributed by atoms with Gasteiger partial charge >= 0.3 is 12.1 Å². The number of halogens is 3. The molecule has 1 aromatic rings. The second kappa shape index (κ2) is 3.60. The summed E-state index contributed by atoms with van der Waals surface area (Å²) in [5, 5.41) is 0. The van der Waals surface area contributed by atoms with Crippen LogP contribution in [0.15, 0.2) is 12.3 Å². The lowest BCUT2D eigenvalue weighted by atomic mass is 10.4. The predicted octanol–water partition coefficient (Wildman–Crippen LogP) is 1.28. The van der Waals surface area contributed by atoms with Crippen LogP contribution >= 0.6 is 0 Å². The molecule has 0 atom stereocenters. The summed E-state index contributed by atoms with van der Waals surface area (Å²) in [6.07, 6.45) is -3.81. The third-order valence-electron chi connectivity index (χ3n) is 1.30. The fourth-order valence-electron chi connectivity index (χ4n) is 0.714. The Balaban J connectivity index is 3.08. The molecule has 0 amide bonds. The van der Waals surface area contributed by atoms with Gasteiger partial charge in [-0.15, -0.1) is 0 Å². The average Bonchev–Trinajstić information content (AvgIpc) is 2.15. The molecule has 4 nitrogen and oxygen atoms in total. The minimum absolute atomic E-state index is 0.421. The van der Waals surface area contributed by atoms with Gasteiger partial charge in [0.2, 0.25) is 5.82 Å². The van der Waals surface area contributed by atoms with Crippen LogP contribution in [0.1, 0.15) is 16.3 Å². The first-order chi connectivity index (χ1) is 6.45. The van der Waals surface area contributed by atoms with Crippen LogP contribution in [0.3, 0.4) is 0 Å². The Labute approximate surface area is 76.7 Å². The minimum atomic E-state index is -4.66. The lowest BCUT2D eigenvalue weighted by Crippen LogP contribution is -2.14. The number of hydrogen-bond acceptors (Lipinski definition) is 4. The van der Waals surface area contributed by atoms with Gasteiger partial charge < -0.3 is 4.74 Å². The highest BCUT2D eigenvalue weighted by molar-refractivity contribution is 5.86. The van der Waals surface area contributed by atoms with E-state index in [0.717, 1.165) is 19.4 Å². The van der Waals surface area contributed by atoms with Gasteiger partial charge in [-0.1, -0.05) is 0 Å². The first-order valence-electron chi connectivity index (χ1n) is 3.43. The number of hydrogen-bond donors (Lipinski definition) is 0. The van der Waals surface area contributed by atoms with Crippen LogP contribution in [0.5, 0.6) is 0 Å². The number of alkyl halides is 3. The van der Waals surface area contributed by atoms with Crippen LogP contribution in [0, 0.1) is 0 Å². The molecule has 0 fully saturated rings. The molecule has 0 aliphatic carbocycles. The fourth-order valence-corrected chi connectivity index (χ4v) is 0.714. The standard InChI is InChI=1S/C7H5F3N2O2/c1-14-5(13)4-2-3-11-6(12-4)7(8,9)10/h2-3H,1H3. The summed E-state index contributed by atoms with van der Waals surface area (Å²) >= 11 is 0. The summed E-state index contributed by atoms with van der Waals surface area (Å²) in [6, 6.07) is 1.04. The highest BCUT2D eigenvalue weighted by atomic mass is 19.4. The van der Waals surface area contributed by atoms with E-state index in [1.807, 2.05) is 0 Å². The molecule has 0 aromatic carbocycles. The summed E-state index contributed by atoms with van der Waals surface area (Å²) in [4.78, 5) is 16.8. The largest absolute Gasteiger partial charge is 0.464 e. The van der Waals surface area contributed by atoms with Gasteiger partial charge in [-0.3, -0.25) is 0 Å². The van der Waals surface area contributed by atoms with Gasteiger partial charge in [-0.25, -0.2) is 14.8 Å². The number of aromatic nitrogens is 2. The van der Waals surface area contributed by atoms with E-state index in [1.54, 1.807) is 0 Å². The summed E-state index contributed by atoms with van der Waals surface area (Å²) in [6.45, 7) is 0. The van der Waals surface area contributed by atoms with E-state index in [-0.39, 0.29) is 0 Å². The van der Waals surface area contributed by atoms with Crippen molar-refractivity contribution in [1.82, 2.24) is 9.97 Å². The number of carbonyl (C=O) groups is 1. The SMILES string of the molecule is COC(=O)c1ccnc(C(F)(F)F)n1. The molecule has 0 bridgehead atoms. The Hall–Kier alpha value is -1.66. The topological polar surface area (TPSA) is 52.1 Å².